The van der Waals surface area contributed by atoms with Crippen LogP contribution < -0.4 is 14.2 Å². The molecular formula is C20H18Cl2N4O4S2. The zero-order valence-corrected chi connectivity index (χ0v) is 20.1. The first-order valence-electron chi connectivity index (χ1n) is 9.32. The van der Waals surface area contributed by atoms with Gasteiger partial charge >= 0.3 is 0 Å². The monoisotopic (exact) mass is 512 g/mol. The average molecular weight is 513 g/mol. The number of nitrogens with zero attached hydrogens (tertiary/aromatic N) is 3. The van der Waals surface area contributed by atoms with Crippen molar-refractivity contribution in [3.8, 4) is 22.9 Å². The number of methoxy groups -OCH3 is 2. The number of ether oxygens (including phenoxy) is 2. The summed E-state index contributed by atoms with van der Waals surface area (Å²) in [4.78, 5) is 5.21. The van der Waals surface area contributed by atoms with Crippen molar-refractivity contribution in [1.29, 1.82) is 0 Å². The number of hydrogen-bond donors (Lipinski definition) is 1. The fourth-order valence-corrected chi connectivity index (χ4v) is 5.72. The van der Waals surface area contributed by atoms with Crippen LogP contribution in [0.5, 0.6) is 11.5 Å². The van der Waals surface area contributed by atoms with Gasteiger partial charge in [-0.1, -0.05) is 23.2 Å². The molecule has 0 aliphatic rings. The van der Waals surface area contributed by atoms with Crippen LogP contribution in [0.4, 0.5) is 0 Å². The van der Waals surface area contributed by atoms with E-state index in [0.29, 0.717) is 33.7 Å². The van der Waals surface area contributed by atoms with E-state index < -0.39 is 10.0 Å². The quantitative estimate of drug-likeness (QED) is 0.378. The van der Waals surface area contributed by atoms with Crippen molar-refractivity contribution in [2.24, 2.45) is 0 Å². The molecule has 0 atom stereocenters. The predicted molar refractivity (Wildman–Crippen MR) is 125 cm³/mol. The molecule has 32 heavy (non-hydrogen) atoms. The summed E-state index contributed by atoms with van der Waals surface area (Å²) in [6, 6.07) is 9.75. The zero-order valence-electron chi connectivity index (χ0n) is 17.0. The maximum Gasteiger partial charge on any atom is 0.242 e. The fraction of sp³-hybridized carbons (Fsp3) is 0.200. The Morgan fingerprint density at radius 1 is 1.09 bits per heavy atom. The molecule has 2 aromatic carbocycles. The van der Waals surface area contributed by atoms with Crippen LogP contribution in [-0.2, 0) is 16.4 Å². The van der Waals surface area contributed by atoms with Crippen LogP contribution in [0.3, 0.4) is 0 Å². The van der Waals surface area contributed by atoms with Gasteiger partial charge in [0.05, 0.1) is 24.9 Å². The van der Waals surface area contributed by atoms with Crippen molar-refractivity contribution in [3.05, 3.63) is 57.5 Å². The van der Waals surface area contributed by atoms with Crippen molar-refractivity contribution >= 4 is 49.5 Å². The van der Waals surface area contributed by atoms with E-state index in [1.54, 1.807) is 30.9 Å². The molecule has 0 bridgehead atoms. The Labute approximate surface area is 198 Å². The van der Waals surface area contributed by atoms with Gasteiger partial charge in [-0.3, -0.25) is 0 Å². The minimum atomic E-state index is -3.81. The lowest BCUT2D eigenvalue weighted by Gasteiger charge is -2.08. The Hall–Kier alpha value is -2.37. The molecule has 8 nitrogen and oxygen atoms in total. The molecule has 0 unspecified atom stereocenters. The van der Waals surface area contributed by atoms with Gasteiger partial charge in [0.2, 0.25) is 15.0 Å². The first kappa shape index (κ1) is 22.8. The normalized spacial score (nSPS) is 11.8. The summed E-state index contributed by atoms with van der Waals surface area (Å²) in [5, 5.41) is 6.87. The Morgan fingerprint density at radius 3 is 2.62 bits per heavy atom. The summed E-state index contributed by atoms with van der Waals surface area (Å²) in [6.45, 7) is 0.155. The predicted octanol–water partition coefficient (Wildman–Crippen LogP) is 4.30. The van der Waals surface area contributed by atoms with Gasteiger partial charge in [-0.2, -0.15) is 4.98 Å². The van der Waals surface area contributed by atoms with Crippen molar-refractivity contribution in [1.82, 2.24) is 19.3 Å². The highest BCUT2D eigenvalue weighted by Crippen LogP contribution is 2.32. The van der Waals surface area contributed by atoms with E-state index in [1.165, 1.54) is 29.5 Å². The van der Waals surface area contributed by atoms with Gasteiger partial charge in [-0.05, 0) is 36.4 Å². The van der Waals surface area contributed by atoms with E-state index in [1.807, 2.05) is 11.4 Å². The number of hydrogen-bond acceptors (Lipinski definition) is 7. The van der Waals surface area contributed by atoms with Crippen LogP contribution in [0, 0.1) is 0 Å². The molecule has 4 aromatic rings. The maximum absolute atomic E-state index is 12.6. The molecule has 2 aromatic heterocycles. The first-order valence-corrected chi connectivity index (χ1v) is 12.4. The highest BCUT2D eigenvalue weighted by molar-refractivity contribution is 7.89. The van der Waals surface area contributed by atoms with Gasteiger partial charge in [-0.25, -0.2) is 17.7 Å². The van der Waals surface area contributed by atoms with Crippen molar-refractivity contribution < 1.29 is 17.9 Å². The van der Waals surface area contributed by atoms with E-state index in [2.05, 4.69) is 14.8 Å². The van der Waals surface area contributed by atoms with Gasteiger partial charge in [0, 0.05) is 28.9 Å². The Balaban J connectivity index is 1.52. The number of rotatable bonds is 8. The van der Waals surface area contributed by atoms with Gasteiger partial charge in [0.15, 0.2) is 17.3 Å². The molecule has 4 rings (SSSR count). The molecular weight excluding hydrogens is 495 g/mol. The van der Waals surface area contributed by atoms with E-state index in [-0.39, 0.29) is 16.5 Å². The van der Waals surface area contributed by atoms with Crippen LogP contribution in [0.25, 0.3) is 16.3 Å². The molecule has 0 radical (unpaired) electrons. The standard InChI is InChI=1S/C20H18Cl2N4O4S2/c1-29-16-6-3-12(9-17(16)30-2)19-24-20-26(25-19)14(11-31-20)7-8-23-32(27,28)18-10-13(21)4-5-15(18)22/h3-6,9-11,23H,7-8H2,1-2H3. The largest absolute Gasteiger partial charge is 0.493 e. The van der Waals surface area contributed by atoms with Crippen LogP contribution in [0.2, 0.25) is 10.0 Å². The molecule has 0 amide bonds. The smallest absolute Gasteiger partial charge is 0.242 e. The van der Waals surface area contributed by atoms with Crippen LogP contribution in [0.1, 0.15) is 5.69 Å². The number of nitrogens with one attached hydrogen (secondary N) is 1. The molecule has 168 valence electrons. The Kier molecular flexibility index (Phi) is 6.59. The fourth-order valence-electron chi connectivity index (χ4n) is 3.07. The van der Waals surface area contributed by atoms with Crippen LogP contribution in [0.15, 0.2) is 46.7 Å². The Morgan fingerprint density at radius 2 is 1.88 bits per heavy atom. The second-order valence-electron chi connectivity index (χ2n) is 6.65. The van der Waals surface area contributed by atoms with Gasteiger partial charge < -0.3 is 9.47 Å². The van der Waals surface area contributed by atoms with Crippen molar-refractivity contribution in [2.45, 2.75) is 11.3 Å². The van der Waals surface area contributed by atoms with Crippen LogP contribution >= 0.6 is 34.5 Å². The second kappa shape index (κ2) is 9.24. The Bertz CT molecular complexity index is 1390. The zero-order chi connectivity index (χ0) is 22.9. The molecule has 12 heteroatoms. The van der Waals surface area contributed by atoms with Gasteiger partial charge in [-0.15, -0.1) is 16.4 Å². The summed E-state index contributed by atoms with van der Waals surface area (Å²) in [6.07, 6.45) is 0.409. The summed E-state index contributed by atoms with van der Waals surface area (Å²) in [5.41, 5.74) is 1.60. The number of aromatic nitrogens is 3. The molecule has 0 aliphatic heterocycles. The second-order valence-corrected chi connectivity index (χ2v) is 10.1. The summed E-state index contributed by atoms with van der Waals surface area (Å²) in [5.74, 6) is 1.73. The lowest BCUT2D eigenvalue weighted by molar-refractivity contribution is 0.355. The molecule has 1 N–H and O–H groups in total. The third kappa shape index (κ3) is 4.55. The molecule has 0 saturated heterocycles. The van der Waals surface area contributed by atoms with E-state index in [4.69, 9.17) is 32.7 Å². The molecule has 2 heterocycles. The molecule has 0 spiro atoms. The van der Waals surface area contributed by atoms with Crippen molar-refractivity contribution in [2.75, 3.05) is 20.8 Å². The number of sulfonamides is 1. The SMILES string of the molecule is COc1ccc(-c2nc3scc(CCNS(=O)(=O)c4cc(Cl)ccc4Cl)n3n2)cc1OC. The number of fused-ring (bicyclic) bond motifs is 1. The summed E-state index contributed by atoms with van der Waals surface area (Å²) < 4.78 is 40.1. The third-order valence-electron chi connectivity index (χ3n) is 4.65. The summed E-state index contributed by atoms with van der Waals surface area (Å²) >= 11 is 13.4. The number of thiazole rings is 1. The van der Waals surface area contributed by atoms with E-state index in [0.717, 1.165) is 11.3 Å². The van der Waals surface area contributed by atoms with E-state index in [9.17, 15) is 8.42 Å². The van der Waals surface area contributed by atoms with Gasteiger partial charge in [0.25, 0.3) is 0 Å². The molecule has 0 aliphatic carbocycles. The maximum atomic E-state index is 12.6. The first-order chi connectivity index (χ1) is 15.3. The molecule has 0 saturated carbocycles. The number of halogens is 2. The van der Waals surface area contributed by atoms with Gasteiger partial charge in [0.1, 0.15) is 4.90 Å². The van der Waals surface area contributed by atoms with E-state index >= 15 is 0 Å². The highest BCUT2D eigenvalue weighted by Gasteiger charge is 2.19. The van der Waals surface area contributed by atoms with Crippen molar-refractivity contribution in [3.63, 3.8) is 0 Å². The summed E-state index contributed by atoms with van der Waals surface area (Å²) in [7, 11) is -0.667. The lowest BCUT2D eigenvalue weighted by atomic mass is 10.2. The third-order valence-corrected chi connectivity index (χ3v) is 7.69. The lowest BCUT2D eigenvalue weighted by Crippen LogP contribution is -2.26. The van der Waals surface area contributed by atoms with Crippen LogP contribution in [-0.4, -0.2) is 43.8 Å². The minimum absolute atomic E-state index is 0.0568. The topological polar surface area (TPSA) is 94.8 Å². The number of benzene rings is 2. The highest BCUT2D eigenvalue weighted by atomic mass is 35.5. The molecule has 0 fully saturated rings. The minimum Gasteiger partial charge on any atom is -0.493 e. The average Bonchev–Trinajstić information content (AvgIpc) is 3.36.